The summed E-state index contributed by atoms with van der Waals surface area (Å²) in [7, 11) is 1.69. The van der Waals surface area contributed by atoms with Crippen LogP contribution in [0.25, 0.3) is 0 Å². The molecule has 0 aromatic rings. The molecular weight excluding hydrogens is 282 g/mol. The molecule has 23 heavy (non-hydrogen) atoms. The number of ether oxygens (including phenoxy) is 1. The van der Waals surface area contributed by atoms with Gasteiger partial charge >= 0.3 is 0 Å². The molecular formula is C21H43NO. The summed E-state index contributed by atoms with van der Waals surface area (Å²) in [5.74, 6) is 0.811. The van der Waals surface area contributed by atoms with Gasteiger partial charge in [0.05, 0.1) is 7.11 Å². The van der Waals surface area contributed by atoms with Crippen molar-refractivity contribution in [3.8, 4) is 0 Å². The zero-order valence-electron chi connectivity index (χ0n) is 16.4. The largest absolute Gasteiger partial charge is 0.484 e. The minimum atomic E-state index is 0.811. The van der Waals surface area contributed by atoms with E-state index in [1.807, 2.05) is 6.92 Å². The molecule has 2 nitrogen and oxygen atoms in total. The summed E-state index contributed by atoms with van der Waals surface area (Å²) in [6, 6.07) is 0. The highest BCUT2D eigenvalue weighted by Crippen LogP contribution is 2.13. The summed E-state index contributed by atoms with van der Waals surface area (Å²) in [4.78, 5) is 4.34. The van der Waals surface area contributed by atoms with Crippen molar-refractivity contribution in [2.75, 3.05) is 13.7 Å². The van der Waals surface area contributed by atoms with Gasteiger partial charge in [-0.25, -0.2) is 0 Å². The van der Waals surface area contributed by atoms with Crippen molar-refractivity contribution in [1.29, 1.82) is 0 Å². The fraction of sp³-hybridized carbons (Fsp3) is 0.952. The maximum Gasteiger partial charge on any atom is 0.179 e. The fourth-order valence-electron chi connectivity index (χ4n) is 2.96. The van der Waals surface area contributed by atoms with Crippen LogP contribution in [0.2, 0.25) is 0 Å². The molecule has 0 unspecified atom stereocenters. The first-order valence-corrected chi connectivity index (χ1v) is 10.4. The molecule has 0 spiro atoms. The predicted octanol–water partition coefficient (Wildman–Crippen LogP) is 7.31. The van der Waals surface area contributed by atoms with Gasteiger partial charge in [0, 0.05) is 13.5 Å². The zero-order chi connectivity index (χ0) is 17.0. The number of methoxy groups -OCH3 is 1. The van der Waals surface area contributed by atoms with Crippen LogP contribution in [-0.4, -0.2) is 19.6 Å². The Labute approximate surface area is 146 Å². The molecule has 0 aliphatic rings. The SMILES string of the molecule is CCCCCCCCCCCCCCCCCCN=C(C)OC. The quantitative estimate of drug-likeness (QED) is 0.156. The van der Waals surface area contributed by atoms with Crippen molar-refractivity contribution in [1.82, 2.24) is 0 Å². The monoisotopic (exact) mass is 325 g/mol. The molecule has 2 heteroatoms. The lowest BCUT2D eigenvalue weighted by Gasteiger charge is -2.03. The van der Waals surface area contributed by atoms with Crippen LogP contribution in [0.15, 0.2) is 4.99 Å². The highest BCUT2D eigenvalue weighted by atomic mass is 16.5. The van der Waals surface area contributed by atoms with Crippen molar-refractivity contribution in [3.05, 3.63) is 0 Å². The van der Waals surface area contributed by atoms with E-state index in [1.165, 1.54) is 103 Å². The standard InChI is InChI=1S/C21H43NO/c1-4-5-6-7-8-9-10-11-12-13-14-15-16-17-18-19-20-22-21(2)23-3/h4-20H2,1-3H3. The molecule has 0 heterocycles. The topological polar surface area (TPSA) is 21.6 Å². The molecule has 0 saturated carbocycles. The van der Waals surface area contributed by atoms with Gasteiger partial charge in [-0.2, -0.15) is 0 Å². The Morgan fingerprint density at radius 3 is 1.30 bits per heavy atom. The van der Waals surface area contributed by atoms with Crippen molar-refractivity contribution >= 4 is 5.90 Å². The Balaban J connectivity index is 3.03. The molecule has 0 aromatic carbocycles. The van der Waals surface area contributed by atoms with E-state index < -0.39 is 0 Å². The number of unbranched alkanes of at least 4 members (excludes halogenated alkanes) is 15. The molecule has 0 atom stereocenters. The molecule has 0 rings (SSSR count). The summed E-state index contributed by atoms with van der Waals surface area (Å²) < 4.78 is 5.03. The van der Waals surface area contributed by atoms with E-state index in [9.17, 15) is 0 Å². The Kier molecular flexibility index (Phi) is 19.1. The van der Waals surface area contributed by atoms with Crippen LogP contribution in [0.5, 0.6) is 0 Å². The average molecular weight is 326 g/mol. The Hall–Kier alpha value is -0.530. The maximum atomic E-state index is 5.03. The third-order valence-corrected chi connectivity index (χ3v) is 4.64. The fourth-order valence-corrected chi connectivity index (χ4v) is 2.96. The van der Waals surface area contributed by atoms with Gasteiger partial charge in [0.25, 0.3) is 0 Å². The Morgan fingerprint density at radius 1 is 0.609 bits per heavy atom. The molecule has 0 bridgehead atoms. The molecule has 0 N–H and O–H groups in total. The molecule has 0 aromatic heterocycles. The third-order valence-electron chi connectivity index (χ3n) is 4.64. The molecule has 0 radical (unpaired) electrons. The first-order chi connectivity index (χ1) is 11.3. The van der Waals surface area contributed by atoms with E-state index in [0.717, 1.165) is 12.4 Å². The first kappa shape index (κ1) is 22.5. The summed E-state index contributed by atoms with van der Waals surface area (Å²) in [6.45, 7) is 5.14. The predicted molar refractivity (Wildman–Crippen MR) is 105 cm³/mol. The second-order valence-corrected chi connectivity index (χ2v) is 6.91. The smallest absolute Gasteiger partial charge is 0.179 e. The molecule has 0 saturated heterocycles. The second kappa shape index (κ2) is 19.5. The van der Waals surface area contributed by atoms with Crippen LogP contribution in [0.4, 0.5) is 0 Å². The van der Waals surface area contributed by atoms with Gasteiger partial charge in [-0.1, -0.05) is 103 Å². The summed E-state index contributed by atoms with van der Waals surface area (Å²) in [5.41, 5.74) is 0. The van der Waals surface area contributed by atoms with Crippen molar-refractivity contribution in [3.63, 3.8) is 0 Å². The molecule has 0 fully saturated rings. The van der Waals surface area contributed by atoms with Crippen LogP contribution < -0.4 is 0 Å². The Bertz CT molecular complexity index is 250. The van der Waals surface area contributed by atoms with Gasteiger partial charge < -0.3 is 4.74 Å². The van der Waals surface area contributed by atoms with E-state index in [1.54, 1.807) is 7.11 Å². The van der Waals surface area contributed by atoms with Gasteiger partial charge in [-0.3, -0.25) is 4.99 Å². The third kappa shape index (κ3) is 19.4. The normalized spacial score (nSPS) is 11.9. The first-order valence-electron chi connectivity index (χ1n) is 10.4. The van der Waals surface area contributed by atoms with Gasteiger partial charge in [0.1, 0.15) is 0 Å². The van der Waals surface area contributed by atoms with Crippen LogP contribution in [0, 0.1) is 0 Å². The van der Waals surface area contributed by atoms with E-state index in [4.69, 9.17) is 4.74 Å². The summed E-state index contributed by atoms with van der Waals surface area (Å²) in [5, 5.41) is 0. The zero-order valence-corrected chi connectivity index (χ0v) is 16.4. The van der Waals surface area contributed by atoms with Gasteiger partial charge in [0.2, 0.25) is 0 Å². The minimum Gasteiger partial charge on any atom is -0.484 e. The van der Waals surface area contributed by atoms with Crippen LogP contribution >= 0.6 is 0 Å². The molecule has 138 valence electrons. The minimum absolute atomic E-state index is 0.811. The molecule has 0 amide bonds. The number of hydrogen-bond donors (Lipinski definition) is 0. The molecule has 0 aliphatic heterocycles. The van der Waals surface area contributed by atoms with Gasteiger partial charge in [-0.05, 0) is 6.42 Å². The lowest BCUT2D eigenvalue weighted by atomic mass is 10.0. The lowest BCUT2D eigenvalue weighted by molar-refractivity contribution is 0.397. The highest BCUT2D eigenvalue weighted by molar-refractivity contribution is 5.72. The van der Waals surface area contributed by atoms with E-state index in [2.05, 4.69) is 11.9 Å². The average Bonchev–Trinajstić information content (AvgIpc) is 2.57. The second-order valence-electron chi connectivity index (χ2n) is 6.91. The molecule has 0 aliphatic carbocycles. The van der Waals surface area contributed by atoms with Gasteiger partial charge in [0.15, 0.2) is 5.90 Å². The number of hydrogen-bond acceptors (Lipinski definition) is 2. The lowest BCUT2D eigenvalue weighted by Crippen LogP contribution is -1.95. The summed E-state index contributed by atoms with van der Waals surface area (Å²) in [6.07, 6.45) is 22.7. The number of rotatable bonds is 17. The number of aliphatic imine (C=N–C) groups is 1. The van der Waals surface area contributed by atoms with Crippen molar-refractivity contribution < 1.29 is 4.74 Å². The van der Waals surface area contributed by atoms with Crippen molar-refractivity contribution in [2.45, 2.75) is 117 Å². The maximum absolute atomic E-state index is 5.03. The Morgan fingerprint density at radius 2 is 0.957 bits per heavy atom. The highest BCUT2D eigenvalue weighted by Gasteiger charge is 1.94. The van der Waals surface area contributed by atoms with Crippen LogP contribution in [0.3, 0.4) is 0 Å². The van der Waals surface area contributed by atoms with E-state index in [0.29, 0.717) is 0 Å². The van der Waals surface area contributed by atoms with Gasteiger partial charge in [-0.15, -0.1) is 0 Å². The summed E-state index contributed by atoms with van der Waals surface area (Å²) >= 11 is 0. The van der Waals surface area contributed by atoms with Crippen molar-refractivity contribution in [2.24, 2.45) is 4.99 Å². The van der Waals surface area contributed by atoms with Crippen LogP contribution in [0.1, 0.15) is 117 Å². The van der Waals surface area contributed by atoms with E-state index in [-0.39, 0.29) is 0 Å². The van der Waals surface area contributed by atoms with E-state index >= 15 is 0 Å². The van der Waals surface area contributed by atoms with Crippen LogP contribution in [-0.2, 0) is 4.74 Å². The number of nitrogens with zero attached hydrogens (tertiary/aromatic N) is 1.